The molecule has 0 spiro atoms. The molecule has 0 fully saturated rings. The van der Waals surface area contributed by atoms with E-state index in [9.17, 15) is 9.59 Å². The molecule has 1 aromatic heterocycles. The molecule has 0 aliphatic rings. The van der Waals surface area contributed by atoms with Gasteiger partial charge >= 0.3 is 0 Å². The van der Waals surface area contributed by atoms with Crippen LogP contribution >= 0.6 is 0 Å². The molecule has 1 heterocycles. The molecule has 0 aliphatic carbocycles. The summed E-state index contributed by atoms with van der Waals surface area (Å²) in [6.45, 7) is 1.86. The number of hydrogen-bond donors (Lipinski definition) is 1. The minimum absolute atomic E-state index is 0.220. The van der Waals surface area contributed by atoms with Gasteiger partial charge in [-0.05, 0) is 42.8 Å². The van der Waals surface area contributed by atoms with Crippen molar-refractivity contribution in [2.24, 2.45) is 0 Å². The molecule has 0 radical (unpaired) electrons. The largest absolute Gasteiger partial charge is 0.497 e. The number of ether oxygens (including phenoxy) is 1. The average Bonchev–Trinajstić information content (AvgIpc) is 2.65. The van der Waals surface area contributed by atoms with Crippen molar-refractivity contribution in [3.8, 4) is 5.75 Å². The van der Waals surface area contributed by atoms with Crippen LogP contribution < -0.4 is 15.6 Å². The SMILES string of the molecule is CC[C@@H](C(=O)Nc1ccc(OC)cc1)n1cnc2ccccc2c1=O. The molecule has 0 bridgehead atoms. The lowest BCUT2D eigenvalue weighted by Gasteiger charge is -2.18. The number of para-hydroxylation sites is 1. The van der Waals surface area contributed by atoms with E-state index in [1.807, 2.05) is 13.0 Å². The second-order valence-electron chi connectivity index (χ2n) is 5.62. The van der Waals surface area contributed by atoms with Gasteiger partial charge < -0.3 is 10.1 Å². The summed E-state index contributed by atoms with van der Waals surface area (Å²) < 4.78 is 6.49. The number of carbonyl (C=O) groups is 1. The van der Waals surface area contributed by atoms with Crippen LogP contribution in [0.4, 0.5) is 5.69 Å². The van der Waals surface area contributed by atoms with Crippen molar-refractivity contribution in [2.75, 3.05) is 12.4 Å². The molecule has 3 rings (SSSR count). The zero-order chi connectivity index (χ0) is 17.8. The van der Waals surface area contributed by atoms with Gasteiger partial charge in [0.25, 0.3) is 5.56 Å². The molecule has 6 nitrogen and oxygen atoms in total. The maximum atomic E-state index is 12.7. The fourth-order valence-electron chi connectivity index (χ4n) is 2.71. The highest BCUT2D eigenvalue weighted by molar-refractivity contribution is 5.94. The maximum absolute atomic E-state index is 12.7. The first-order chi connectivity index (χ1) is 12.1. The summed E-state index contributed by atoms with van der Waals surface area (Å²) in [5.74, 6) is 0.451. The van der Waals surface area contributed by atoms with E-state index in [0.717, 1.165) is 0 Å². The highest BCUT2D eigenvalue weighted by Gasteiger charge is 2.21. The Morgan fingerprint density at radius 1 is 1.20 bits per heavy atom. The Labute approximate surface area is 145 Å². The standard InChI is InChI=1S/C19H19N3O3/c1-3-17(18(23)21-13-8-10-14(25-2)11-9-13)22-12-20-16-7-5-4-6-15(16)19(22)24/h4-12,17H,3H2,1-2H3,(H,21,23)/t17-/m0/s1. The van der Waals surface area contributed by atoms with Crippen LogP contribution in [0.1, 0.15) is 19.4 Å². The molecule has 0 aliphatic heterocycles. The molecule has 1 amide bonds. The van der Waals surface area contributed by atoms with Crippen LogP contribution in [0.15, 0.2) is 59.7 Å². The van der Waals surface area contributed by atoms with E-state index in [4.69, 9.17) is 4.74 Å². The van der Waals surface area contributed by atoms with Crippen LogP contribution in [-0.2, 0) is 4.79 Å². The monoisotopic (exact) mass is 337 g/mol. The van der Waals surface area contributed by atoms with Gasteiger partial charge in [0, 0.05) is 5.69 Å². The van der Waals surface area contributed by atoms with Gasteiger partial charge in [-0.2, -0.15) is 0 Å². The molecule has 1 N–H and O–H groups in total. The molecule has 2 aromatic carbocycles. The Bertz CT molecular complexity index is 948. The lowest BCUT2D eigenvalue weighted by atomic mass is 10.1. The smallest absolute Gasteiger partial charge is 0.261 e. The molecule has 128 valence electrons. The maximum Gasteiger partial charge on any atom is 0.261 e. The van der Waals surface area contributed by atoms with Crippen molar-refractivity contribution in [3.05, 3.63) is 65.2 Å². The van der Waals surface area contributed by atoms with E-state index in [-0.39, 0.29) is 11.5 Å². The first-order valence-electron chi connectivity index (χ1n) is 8.05. The number of rotatable bonds is 5. The van der Waals surface area contributed by atoms with E-state index in [1.165, 1.54) is 10.9 Å². The fourth-order valence-corrected chi connectivity index (χ4v) is 2.71. The zero-order valence-electron chi connectivity index (χ0n) is 14.1. The summed E-state index contributed by atoms with van der Waals surface area (Å²) in [6.07, 6.45) is 1.91. The number of nitrogens with one attached hydrogen (secondary N) is 1. The molecule has 1 atom stereocenters. The van der Waals surface area contributed by atoms with Crippen molar-refractivity contribution in [2.45, 2.75) is 19.4 Å². The summed E-state index contributed by atoms with van der Waals surface area (Å²) in [5.41, 5.74) is 1.04. The van der Waals surface area contributed by atoms with Crippen molar-refractivity contribution in [1.29, 1.82) is 0 Å². The Balaban J connectivity index is 1.89. The number of amides is 1. The summed E-state index contributed by atoms with van der Waals surface area (Å²) in [7, 11) is 1.58. The normalized spacial score (nSPS) is 11.9. The van der Waals surface area contributed by atoms with Gasteiger partial charge in [-0.15, -0.1) is 0 Å². The Kier molecular flexibility index (Phi) is 4.79. The van der Waals surface area contributed by atoms with Crippen LogP contribution in [0, 0.1) is 0 Å². The number of carbonyl (C=O) groups excluding carboxylic acids is 1. The van der Waals surface area contributed by atoms with E-state index in [2.05, 4.69) is 10.3 Å². The number of methoxy groups -OCH3 is 1. The Hall–Kier alpha value is -3.15. The van der Waals surface area contributed by atoms with Crippen LogP contribution in [0.25, 0.3) is 10.9 Å². The summed E-state index contributed by atoms with van der Waals surface area (Å²) >= 11 is 0. The van der Waals surface area contributed by atoms with Crippen molar-refractivity contribution < 1.29 is 9.53 Å². The highest BCUT2D eigenvalue weighted by atomic mass is 16.5. The van der Waals surface area contributed by atoms with E-state index < -0.39 is 6.04 Å². The quantitative estimate of drug-likeness (QED) is 0.777. The number of hydrogen-bond acceptors (Lipinski definition) is 4. The first kappa shape index (κ1) is 16.7. The number of fused-ring (bicyclic) bond motifs is 1. The molecular formula is C19H19N3O3. The first-order valence-corrected chi connectivity index (χ1v) is 8.05. The average molecular weight is 337 g/mol. The van der Waals surface area contributed by atoms with Crippen molar-refractivity contribution in [3.63, 3.8) is 0 Å². The Morgan fingerprint density at radius 3 is 2.60 bits per heavy atom. The number of aromatic nitrogens is 2. The summed E-state index contributed by atoms with van der Waals surface area (Å²) in [5, 5.41) is 3.34. The molecular weight excluding hydrogens is 318 g/mol. The minimum atomic E-state index is -0.633. The van der Waals surface area contributed by atoms with Crippen LogP contribution in [-0.4, -0.2) is 22.6 Å². The highest BCUT2D eigenvalue weighted by Crippen LogP contribution is 2.18. The van der Waals surface area contributed by atoms with Gasteiger partial charge in [0.05, 0.1) is 24.3 Å². The second-order valence-corrected chi connectivity index (χ2v) is 5.62. The van der Waals surface area contributed by atoms with Crippen LogP contribution in [0.3, 0.4) is 0 Å². The van der Waals surface area contributed by atoms with Crippen molar-refractivity contribution >= 4 is 22.5 Å². The predicted molar refractivity (Wildman–Crippen MR) is 97.0 cm³/mol. The van der Waals surface area contributed by atoms with Gasteiger partial charge in [0.1, 0.15) is 11.8 Å². The molecule has 25 heavy (non-hydrogen) atoms. The van der Waals surface area contributed by atoms with Crippen LogP contribution in [0.5, 0.6) is 5.75 Å². The van der Waals surface area contributed by atoms with Gasteiger partial charge in [0.15, 0.2) is 0 Å². The third-order valence-corrected chi connectivity index (χ3v) is 4.07. The van der Waals surface area contributed by atoms with Gasteiger partial charge in [-0.25, -0.2) is 4.98 Å². The van der Waals surface area contributed by atoms with E-state index in [1.54, 1.807) is 49.6 Å². The number of benzene rings is 2. The number of anilines is 1. The topological polar surface area (TPSA) is 73.2 Å². The lowest BCUT2D eigenvalue weighted by Crippen LogP contribution is -2.33. The van der Waals surface area contributed by atoms with Crippen molar-refractivity contribution in [1.82, 2.24) is 9.55 Å². The zero-order valence-corrected chi connectivity index (χ0v) is 14.1. The molecule has 3 aromatic rings. The molecule has 6 heteroatoms. The molecule has 0 saturated heterocycles. The van der Waals surface area contributed by atoms with E-state index in [0.29, 0.717) is 28.8 Å². The fraction of sp³-hybridized carbons (Fsp3) is 0.211. The predicted octanol–water partition coefficient (Wildman–Crippen LogP) is 2.99. The lowest BCUT2D eigenvalue weighted by molar-refractivity contribution is -0.119. The minimum Gasteiger partial charge on any atom is -0.497 e. The van der Waals surface area contributed by atoms with Gasteiger partial charge in [0.2, 0.25) is 5.91 Å². The second kappa shape index (κ2) is 7.17. The third kappa shape index (κ3) is 3.38. The molecule has 0 unspecified atom stereocenters. The van der Waals surface area contributed by atoms with Gasteiger partial charge in [-0.1, -0.05) is 19.1 Å². The number of nitrogens with zero attached hydrogens (tertiary/aromatic N) is 2. The summed E-state index contributed by atoms with van der Waals surface area (Å²) in [4.78, 5) is 29.6. The Morgan fingerprint density at radius 2 is 1.92 bits per heavy atom. The van der Waals surface area contributed by atoms with Crippen LogP contribution in [0.2, 0.25) is 0 Å². The van der Waals surface area contributed by atoms with Gasteiger partial charge in [-0.3, -0.25) is 14.2 Å². The summed E-state index contributed by atoms with van der Waals surface area (Å²) in [6, 6.07) is 13.5. The third-order valence-electron chi connectivity index (χ3n) is 4.07. The van der Waals surface area contributed by atoms with E-state index >= 15 is 0 Å². The molecule has 0 saturated carbocycles.